The number of nitrogens with zero attached hydrogens (tertiary/aromatic N) is 3. The topological polar surface area (TPSA) is 63.0 Å². The van der Waals surface area contributed by atoms with Crippen molar-refractivity contribution in [2.24, 2.45) is 5.92 Å². The molecule has 5 heteroatoms. The molecular formula is C17H18N4O. The first-order chi connectivity index (χ1) is 10.8. The van der Waals surface area contributed by atoms with Gasteiger partial charge in [0.2, 0.25) is 0 Å². The lowest BCUT2D eigenvalue weighted by Gasteiger charge is -2.13. The van der Waals surface area contributed by atoms with E-state index in [-0.39, 0.29) is 5.75 Å². The molecule has 1 aliphatic heterocycles. The number of hydrogen-bond donors (Lipinski definition) is 2. The van der Waals surface area contributed by atoms with Gasteiger partial charge in [-0.05, 0) is 49.7 Å². The van der Waals surface area contributed by atoms with Crippen LogP contribution in [0.5, 0.6) is 5.75 Å². The van der Waals surface area contributed by atoms with Gasteiger partial charge in [0, 0.05) is 18.3 Å². The zero-order valence-corrected chi connectivity index (χ0v) is 12.2. The third-order valence-corrected chi connectivity index (χ3v) is 4.21. The molecule has 1 atom stereocenters. The molecule has 0 saturated carbocycles. The Morgan fingerprint density at radius 1 is 1.27 bits per heavy atom. The van der Waals surface area contributed by atoms with Crippen molar-refractivity contribution in [2.75, 3.05) is 13.1 Å². The lowest BCUT2D eigenvalue weighted by atomic mass is 10.1. The Labute approximate surface area is 128 Å². The monoisotopic (exact) mass is 294 g/mol. The van der Waals surface area contributed by atoms with Crippen molar-refractivity contribution in [1.82, 2.24) is 19.9 Å². The van der Waals surface area contributed by atoms with Crippen LogP contribution >= 0.6 is 0 Å². The Hall–Kier alpha value is -2.40. The molecular weight excluding hydrogens is 276 g/mol. The minimum atomic E-state index is 0.256. The van der Waals surface area contributed by atoms with Crippen molar-refractivity contribution < 1.29 is 5.11 Å². The van der Waals surface area contributed by atoms with E-state index in [0.29, 0.717) is 5.92 Å². The third kappa shape index (κ3) is 2.33. The molecule has 3 aromatic rings. The van der Waals surface area contributed by atoms with Crippen LogP contribution < -0.4 is 5.32 Å². The van der Waals surface area contributed by atoms with E-state index < -0.39 is 0 Å². The number of nitrogens with one attached hydrogen (secondary N) is 1. The van der Waals surface area contributed by atoms with Crippen LogP contribution in [-0.2, 0) is 6.54 Å². The molecule has 2 N–H and O–H groups in total. The Kier molecular flexibility index (Phi) is 3.27. The van der Waals surface area contributed by atoms with E-state index in [4.69, 9.17) is 4.98 Å². The summed E-state index contributed by atoms with van der Waals surface area (Å²) in [4.78, 5) is 9.24. The molecule has 0 spiro atoms. The highest BCUT2D eigenvalue weighted by molar-refractivity contribution is 5.77. The summed E-state index contributed by atoms with van der Waals surface area (Å²) in [5, 5.41) is 13.2. The second-order valence-corrected chi connectivity index (χ2v) is 5.80. The van der Waals surface area contributed by atoms with Gasteiger partial charge in [-0.1, -0.05) is 12.1 Å². The van der Waals surface area contributed by atoms with Gasteiger partial charge >= 0.3 is 0 Å². The smallest absolute Gasteiger partial charge is 0.160 e. The molecule has 1 unspecified atom stereocenters. The second kappa shape index (κ2) is 5.42. The van der Waals surface area contributed by atoms with E-state index in [9.17, 15) is 5.11 Å². The zero-order chi connectivity index (χ0) is 14.9. The van der Waals surface area contributed by atoms with Crippen LogP contribution in [0.15, 0.2) is 42.6 Å². The van der Waals surface area contributed by atoms with Gasteiger partial charge in [0.1, 0.15) is 17.1 Å². The molecule has 0 amide bonds. The molecule has 112 valence electrons. The first-order valence-electron chi connectivity index (χ1n) is 7.62. The van der Waals surface area contributed by atoms with Gasteiger partial charge in [0.15, 0.2) is 5.65 Å². The minimum Gasteiger partial charge on any atom is -0.508 e. The first kappa shape index (κ1) is 13.3. The summed E-state index contributed by atoms with van der Waals surface area (Å²) in [6, 6.07) is 11.1. The summed E-state index contributed by atoms with van der Waals surface area (Å²) in [6.07, 6.45) is 2.98. The summed E-state index contributed by atoms with van der Waals surface area (Å²) in [5.74, 6) is 1.72. The lowest BCUT2D eigenvalue weighted by Crippen LogP contribution is -2.15. The van der Waals surface area contributed by atoms with Crippen LogP contribution in [0.1, 0.15) is 6.42 Å². The average Bonchev–Trinajstić information content (AvgIpc) is 3.16. The maximum atomic E-state index is 9.76. The summed E-state index contributed by atoms with van der Waals surface area (Å²) >= 11 is 0. The molecule has 4 rings (SSSR count). The van der Waals surface area contributed by atoms with Gasteiger partial charge in [0.05, 0.1) is 0 Å². The van der Waals surface area contributed by atoms with Crippen molar-refractivity contribution in [3.8, 4) is 17.1 Å². The highest BCUT2D eigenvalue weighted by Crippen LogP contribution is 2.27. The number of hydrogen-bond acceptors (Lipinski definition) is 4. The van der Waals surface area contributed by atoms with Crippen molar-refractivity contribution in [2.45, 2.75) is 13.0 Å². The highest BCUT2D eigenvalue weighted by Gasteiger charge is 2.20. The van der Waals surface area contributed by atoms with Crippen LogP contribution in [0.25, 0.3) is 22.6 Å². The number of fused-ring (bicyclic) bond motifs is 1. The predicted molar refractivity (Wildman–Crippen MR) is 85.6 cm³/mol. The number of benzene rings is 1. The standard InChI is InChI=1S/C17H18N4O/c22-14-4-1-3-13(9-14)16-20-15-5-2-7-19-17(15)21(16)11-12-6-8-18-10-12/h1-5,7,9,12,18,22H,6,8,10-11H2. The molecule has 1 aliphatic rings. The molecule has 5 nitrogen and oxygen atoms in total. The summed E-state index contributed by atoms with van der Waals surface area (Å²) in [7, 11) is 0. The van der Waals surface area contributed by atoms with Gasteiger partial charge in [0.25, 0.3) is 0 Å². The van der Waals surface area contributed by atoms with Gasteiger partial charge in [-0.3, -0.25) is 0 Å². The summed E-state index contributed by atoms with van der Waals surface area (Å²) in [6.45, 7) is 3.00. The zero-order valence-electron chi connectivity index (χ0n) is 12.2. The van der Waals surface area contributed by atoms with Crippen LogP contribution in [0, 0.1) is 5.92 Å². The molecule has 0 aliphatic carbocycles. The number of phenols is 1. The van der Waals surface area contributed by atoms with Gasteiger partial charge < -0.3 is 15.0 Å². The van der Waals surface area contributed by atoms with Crippen molar-refractivity contribution >= 4 is 11.2 Å². The van der Waals surface area contributed by atoms with E-state index in [2.05, 4.69) is 14.9 Å². The highest BCUT2D eigenvalue weighted by atomic mass is 16.3. The number of pyridine rings is 1. The fraction of sp³-hybridized carbons (Fsp3) is 0.294. The Bertz CT molecular complexity index is 805. The fourth-order valence-electron chi connectivity index (χ4n) is 3.13. The summed E-state index contributed by atoms with van der Waals surface area (Å²) in [5.41, 5.74) is 2.73. The van der Waals surface area contributed by atoms with Crippen molar-refractivity contribution in [1.29, 1.82) is 0 Å². The Morgan fingerprint density at radius 3 is 3.05 bits per heavy atom. The predicted octanol–water partition coefficient (Wildman–Crippen LogP) is 2.41. The SMILES string of the molecule is Oc1cccc(-c2nc3cccnc3n2CC2CCNC2)c1. The van der Waals surface area contributed by atoms with E-state index in [0.717, 1.165) is 42.2 Å². The number of rotatable bonds is 3. The van der Waals surface area contributed by atoms with Crippen LogP contribution in [-0.4, -0.2) is 32.7 Å². The maximum absolute atomic E-state index is 9.76. The summed E-state index contributed by atoms with van der Waals surface area (Å²) < 4.78 is 2.18. The molecule has 1 fully saturated rings. The maximum Gasteiger partial charge on any atom is 0.160 e. The second-order valence-electron chi connectivity index (χ2n) is 5.80. The van der Waals surface area contributed by atoms with Crippen LogP contribution in [0.2, 0.25) is 0 Å². The Balaban J connectivity index is 1.85. The van der Waals surface area contributed by atoms with Crippen LogP contribution in [0.4, 0.5) is 0 Å². The molecule has 22 heavy (non-hydrogen) atoms. The quantitative estimate of drug-likeness (QED) is 0.778. The Morgan fingerprint density at radius 2 is 2.23 bits per heavy atom. The number of aromatic hydroxyl groups is 1. The fourth-order valence-corrected chi connectivity index (χ4v) is 3.13. The van der Waals surface area contributed by atoms with Crippen molar-refractivity contribution in [3.05, 3.63) is 42.6 Å². The third-order valence-electron chi connectivity index (χ3n) is 4.21. The number of phenolic OH excluding ortho intramolecular Hbond substituents is 1. The normalized spacial score (nSPS) is 18.1. The molecule has 2 aromatic heterocycles. The first-order valence-corrected chi connectivity index (χ1v) is 7.62. The largest absolute Gasteiger partial charge is 0.508 e. The van der Waals surface area contributed by atoms with Gasteiger partial charge in [-0.15, -0.1) is 0 Å². The average molecular weight is 294 g/mol. The minimum absolute atomic E-state index is 0.256. The molecule has 1 aromatic carbocycles. The van der Waals surface area contributed by atoms with E-state index in [1.165, 1.54) is 6.42 Å². The van der Waals surface area contributed by atoms with Gasteiger partial charge in [-0.25, -0.2) is 9.97 Å². The van der Waals surface area contributed by atoms with E-state index in [1.54, 1.807) is 18.3 Å². The molecule has 0 radical (unpaired) electrons. The van der Waals surface area contributed by atoms with Crippen molar-refractivity contribution in [3.63, 3.8) is 0 Å². The lowest BCUT2D eigenvalue weighted by molar-refractivity contribution is 0.475. The number of imidazole rings is 1. The molecule has 0 bridgehead atoms. The number of aromatic nitrogens is 3. The van der Waals surface area contributed by atoms with E-state index in [1.807, 2.05) is 24.3 Å². The molecule has 3 heterocycles. The molecule has 1 saturated heterocycles. The van der Waals surface area contributed by atoms with Crippen LogP contribution in [0.3, 0.4) is 0 Å². The van der Waals surface area contributed by atoms with E-state index >= 15 is 0 Å². The van der Waals surface area contributed by atoms with Gasteiger partial charge in [-0.2, -0.15) is 0 Å².